The van der Waals surface area contributed by atoms with Gasteiger partial charge in [-0.05, 0) is 43.5 Å². The van der Waals surface area contributed by atoms with Gasteiger partial charge in [0.05, 0.1) is 39.3 Å². The fourth-order valence-electron chi connectivity index (χ4n) is 3.58. The molecule has 4 aromatic heterocycles. The molecule has 5 rings (SSSR count). The summed E-state index contributed by atoms with van der Waals surface area (Å²) in [6.07, 6.45) is 8.60. The smallest absolute Gasteiger partial charge is 0.280 e. The molecule has 0 aromatic carbocycles. The maximum Gasteiger partial charge on any atom is 0.280 e. The summed E-state index contributed by atoms with van der Waals surface area (Å²) in [5.41, 5.74) is 2.67. The zero-order chi connectivity index (χ0) is 23.9. The van der Waals surface area contributed by atoms with Gasteiger partial charge in [0.15, 0.2) is 5.01 Å². The van der Waals surface area contributed by atoms with Crippen LogP contribution in [0.5, 0.6) is 0 Å². The number of nitrogens with one attached hydrogen (secondary N) is 2. The lowest BCUT2D eigenvalue weighted by Gasteiger charge is -2.17. The first-order valence-corrected chi connectivity index (χ1v) is 13.5. The van der Waals surface area contributed by atoms with Crippen LogP contribution >= 0.6 is 22.9 Å². The highest BCUT2D eigenvalue weighted by molar-refractivity contribution is 7.93. The molecule has 0 bridgehead atoms. The molecule has 12 heteroatoms. The summed E-state index contributed by atoms with van der Waals surface area (Å²) in [7, 11) is -3.38. The zero-order valence-electron chi connectivity index (χ0n) is 18.1. The third-order valence-corrected chi connectivity index (χ3v) is 8.66. The number of halogens is 1. The number of nitrogens with zero attached hydrogens (tertiary/aromatic N) is 4. The Morgan fingerprint density at radius 3 is 2.85 bits per heavy atom. The Balaban J connectivity index is 1.33. The van der Waals surface area contributed by atoms with Crippen molar-refractivity contribution in [1.29, 1.82) is 0 Å². The van der Waals surface area contributed by atoms with E-state index in [4.69, 9.17) is 11.6 Å². The van der Waals surface area contributed by atoms with Gasteiger partial charge in [-0.3, -0.25) is 14.5 Å². The van der Waals surface area contributed by atoms with Crippen molar-refractivity contribution < 1.29 is 13.2 Å². The Morgan fingerprint density at radius 1 is 1.26 bits per heavy atom. The van der Waals surface area contributed by atoms with Crippen LogP contribution in [-0.4, -0.2) is 39.2 Å². The van der Waals surface area contributed by atoms with Crippen molar-refractivity contribution in [1.82, 2.24) is 24.9 Å². The summed E-state index contributed by atoms with van der Waals surface area (Å²) in [5, 5.41) is 7.85. The van der Waals surface area contributed by atoms with Crippen LogP contribution in [0.15, 0.2) is 49.1 Å². The molecule has 4 heterocycles. The van der Waals surface area contributed by atoms with Crippen molar-refractivity contribution in [2.45, 2.75) is 37.5 Å². The van der Waals surface area contributed by atoms with Crippen LogP contribution in [0.4, 0.5) is 5.69 Å². The van der Waals surface area contributed by atoms with Gasteiger partial charge in [-0.2, -0.15) is 5.10 Å². The van der Waals surface area contributed by atoms with Gasteiger partial charge in [0.1, 0.15) is 0 Å². The van der Waals surface area contributed by atoms with Crippen molar-refractivity contribution in [2.75, 3.05) is 4.72 Å². The van der Waals surface area contributed by atoms with Crippen molar-refractivity contribution in [2.24, 2.45) is 0 Å². The lowest BCUT2D eigenvalue weighted by molar-refractivity contribution is 0.0934. The van der Waals surface area contributed by atoms with Crippen LogP contribution in [0, 0.1) is 0 Å². The number of carbonyl (C=O) groups excluding carboxylic acids is 1. The second-order valence-corrected chi connectivity index (χ2v) is 11.4. The molecule has 9 nitrogen and oxygen atoms in total. The minimum absolute atomic E-state index is 0.306. The van der Waals surface area contributed by atoms with Gasteiger partial charge in [0.2, 0.25) is 10.0 Å². The maximum atomic E-state index is 13.0. The molecular weight excluding hydrogens is 496 g/mol. The fourth-order valence-corrected chi connectivity index (χ4v) is 5.96. The fraction of sp³-hybridized carbons (Fsp3) is 0.273. The summed E-state index contributed by atoms with van der Waals surface area (Å²) < 4.78 is 28.8. The molecule has 0 spiro atoms. The minimum Gasteiger partial charge on any atom is -0.342 e. The van der Waals surface area contributed by atoms with Crippen molar-refractivity contribution in [3.63, 3.8) is 0 Å². The molecule has 1 saturated carbocycles. The SMILES string of the molecule is CCC(NC(=O)c1ncc(-c2cnn3ccc(Cl)cc23)s1)c1cc(NS(=O)(=O)C2CC2)ccn1. The number of hydrogen-bond donors (Lipinski definition) is 2. The van der Waals surface area contributed by atoms with Gasteiger partial charge in [-0.1, -0.05) is 18.5 Å². The number of carbonyl (C=O) groups is 1. The zero-order valence-corrected chi connectivity index (χ0v) is 20.5. The topological polar surface area (TPSA) is 118 Å². The van der Waals surface area contributed by atoms with E-state index in [0.29, 0.717) is 40.7 Å². The largest absolute Gasteiger partial charge is 0.342 e. The lowest BCUT2D eigenvalue weighted by atomic mass is 10.1. The molecule has 2 N–H and O–H groups in total. The second kappa shape index (κ2) is 8.97. The van der Waals surface area contributed by atoms with E-state index in [1.807, 2.05) is 13.0 Å². The van der Waals surface area contributed by atoms with Crippen LogP contribution < -0.4 is 10.0 Å². The monoisotopic (exact) mass is 516 g/mol. The molecule has 34 heavy (non-hydrogen) atoms. The third-order valence-electron chi connectivity index (χ3n) is 5.52. The Labute approximate surface area is 205 Å². The first-order chi connectivity index (χ1) is 16.3. The predicted molar refractivity (Wildman–Crippen MR) is 132 cm³/mol. The van der Waals surface area contributed by atoms with E-state index in [1.165, 1.54) is 17.5 Å². The van der Waals surface area contributed by atoms with Gasteiger partial charge in [0.25, 0.3) is 5.91 Å². The van der Waals surface area contributed by atoms with Crippen LogP contribution in [0.25, 0.3) is 16.0 Å². The molecule has 1 atom stereocenters. The number of hydrogen-bond acceptors (Lipinski definition) is 7. The van der Waals surface area contributed by atoms with Gasteiger partial charge in [-0.15, -0.1) is 11.3 Å². The van der Waals surface area contributed by atoms with E-state index in [1.54, 1.807) is 41.3 Å². The molecule has 0 saturated heterocycles. The highest BCUT2D eigenvalue weighted by Crippen LogP contribution is 2.32. The number of fused-ring (bicyclic) bond motifs is 1. The quantitative estimate of drug-likeness (QED) is 0.360. The van der Waals surface area contributed by atoms with E-state index in [0.717, 1.165) is 16.0 Å². The number of thiazole rings is 1. The highest BCUT2D eigenvalue weighted by Gasteiger charge is 2.35. The molecule has 0 radical (unpaired) electrons. The van der Waals surface area contributed by atoms with E-state index in [-0.39, 0.29) is 11.2 Å². The normalized spacial score (nSPS) is 14.8. The number of amides is 1. The molecule has 176 valence electrons. The molecule has 1 fully saturated rings. The molecule has 0 aliphatic heterocycles. The number of sulfonamides is 1. The van der Waals surface area contributed by atoms with E-state index in [2.05, 4.69) is 25.1 Å². The van der Waals surface area contributed by atoms with Gasteiger partial charge >= 0.3 is 0 Å². The first-order valence-electron chi connectivity index (χ1n) is 10.7. The maximum absolute atomic E-state index is 13.0. The molecule has 4 aromatic rings. The predicted octanol–water partition coefficient (Wildman–Crippen LogP) is 4.29. The Bertz CT molecular complexity index is 1480. The Hall–Kier alpha value is -3.02. The van der Waals surface area contributed by atoms with E-state index >= 15 is 0 Å². The number of aromatic nitrogens is 4. The summed E-state index contributed by atoms with van der Waals surface area (Å²) in [5.74, 6) is -0.330. The number of anilines is 1. The third kappa shape index (κ3) is 4.63. The Kier molecular flexibility index (Phi) is 6.00. The molecule has 1 aliphatic rings. The summed E-state index contributed by atoms with van der Waals surface area (Å²) >= 11 is 7.38. The molecule has 1 amide bonds. The first kappa shape index (κ1) is 22.8. The van der Waals surface area contributed by atoms with Crippen LogP contribution in [-0.2, 0) is 10.0 Å². The Morgan fingerprint density at radius 2 is 2.09 bits per heavy atom. The molecule has 1 aliphatic carbocycles. The van der Waals surface area contributed by atoms with Crippen LogP contribution in [0.3, 0.4) is 0 Å². The summed E-state index contributed by atoms with van der Waals surface area (Å²) in [4.78, 5) is 22.4. The highest BCUT2D eigenvalue weighted by atomic mass is 35.5. The van der Waals surface area contributed by atoms with Gasteiger partial charge in [-0.25, -0.2) is 17.9 Å². The average Bonchev–Trinajstić information content (AvgIpc) is 3.44. The summed E-state index contributed by atoms with van der Waals surface area (Å²) in [6.45, 7) is 1.92. The van der Waals surface area contributed by atoms with Crippen molar-refractivity contribution in [3.8, 4) is 10.4 Å². The number of pyridine rings is 2. The van der Waals surface area contributed by atoms with Gasteiger partial charge < -0.3 is 5.32 Å². The van der Waals surface area contributed by atoms with Crippen molar-refractivity contribution in [3.05, 3.63) is 64.8 Å². The second-order valence-electron chi connectivity index (χ2n) is 8.01. The van der Waals surface area contributed by atoms with Crippen molar-refractivity contribution >= 4 is 50.1 Å². The summed E-state index contributed by atoms with van der Waals surface area (Å²) in [6, 6.07) is 6.42. The van der Waals surface area contributed by atoms with Gasteiger partial charge in [0, 0.05) is 29.2 Å². The molecular formula is C22H21ClN6O3S2. The van der Waals surface area contributed by atoms with Crippen LogP contribution in [0.1, 0.15) is 47.7 Å². The van der Waals surface area contributed by atoms with E-state index in [9.17, 15) is 13.2 Å². The molecule has 1 unspecified atom stereocenters. The standard InChI is InChI=1S/C22H21ClN6O3S2/c1-2-17(18-10-14(5-7-24-18)28-34(31,32)15-3-4-15)27-21(30)22-25-12-20(33-22)16-11-26-29-8-6-13(23)9-19(16)29/h5-12,15,17H,2-4H2,1H3,(H,24,28)(H,27,30). The van der Waals surface area contributed by atoms with E-state index < -0.39 is 16.1 Å². The number of rotatable bonds is 8. The minimum atomic E-state index is -3.38. The average molecular weight is 517 g/mol. The lowest BCUT2D eigenvalue weighted by Crippen LogP contribution is -2.28. The van der Waals surface area contributed by atoms with Crippen LogP contribution in [0.2, 0.25) is 5.02 Å².